The fraction of sp³-hybridized carbons (Fsp3) is 0.316. The van der Waals surface area contributed by atoms with Crippen molar-refractivity contribution in [2.45, 2.75) is 39.8 Å². The molecule has 0 fully saturated rings. The Bertz CT molecular complexity index is 1280. The van der Waals surface area contributed by atoms with Crippen molar-refractivity contribution in [3.63, 3.8) is 0 Å². The fourth-order valence-corrected chi connectivity index (χ4v) is 3.24. The van der Waals surface area contributed by atoms with Crippen molar-refractivity contribution >= 4 is 17.2 Å². The number of anilines is 1. The first-order valence-electron chi connectivity index (χ1n) is 9.58. The van der Waals surface area contributed by atoms with Crippen molar-refractivity contribution in [3.8, 4) is 0 Å². The maximum Gasteiger partial charge on any atom is 0.280 e. The van der Waals surface area contributed by atoms with Gasteiger partial charge in [0.25, 0.3) is 18.8 Å². The van der Waals surface area contributed by atoms with E-state index in [0.29, 0.717) is 22.8 Å². The van der Waals surface area contributed by atoms with Gasteiger partial charge < -0.3 is 5.32 Å². The first-order valence-corrected chi connectivity index (χ1v) is 9.58. The molecule has 168 valence electrons. The Labute approximate surface area is 178 Å². The lowest BCUT2D eigenvalue weighted by molar-refractivity contribution is 0.102. The Balaban J connectivity index is 1.54. The molecule has 1 N–H and O–H groups in total. The van der Waals surface area contributed by atoms with E-state index in [9.17, 15) is 22.4 Å². The molecule has 0 saturated carbocycles. The smallest absolute Gasteiger partial charge is 0.280 e. The lowest BCUT2D eigenvalue weighted by atomic mass is 10.2. The van der Waals surface area contributed by atoms with Crippen LogP contribution in [0.4, 0.5) is 23.2 Å². The van der Waals surface area contributed by atoms with E-state index in [1.807, 2.05) is 18.5 Å². The van der Waals surface area contributed by atoms with Gasteiger partial charge in [0.15, 0.2) is 11.3 Å². The summed E-state index contributed by atoms with van der Waals surface area (Å²) in [6.07, 6.45) is -1.35. The molecule has 0 aliphatic rings. The van der Waals surface area contributed by atoms with Crippen molar-refractivity contribution in [2.75, 3.05) is 5.32 Å². The maximum atomic E-state index is 13.3. The van der Waals surface area contributed by atoms with Gasteiger partial charge in [0.05, 0.1) is 24.6 Å². The molecular formula is C19H18F4N8O. The molecular weight excluding hydrogens is 432 g/mol. The number of rotatable bonds is 7. The van der Waals surface area contributed by atoms with E-state index in [1.165, 1.54) is 6.20 Å². The summed E-state index contributed by atoms with van der Waals surface area (Å²) in [5.74, 6) is -0.719. The largest absolute Gasteiger partial charge is 0.318 e. The highest BCUT2D eigenvalue weighted by atomic mass is 19.3. The zero-order chi connectivity index (χ0) is 23.0. The predicted octanol–water partition coefficient (Wildman–Crippen LogP) is 3.63. The van der Waals surface area contributed by atoms with Crippen molar-refractivity contribution in [2.24, 2.45) is 0 Å². The third-order valence-electron chi connectivity index (χ3n) is 4.88. The quantitative estimate of drug-likeness (QED) is 0.434. The number of halogens is 4. The lowest BCUT2D eigenvalue weighted by Gasteiger charge is -2.06. The van der Waals surface area contributed by atoms with Crippen LogP contribution in [0.5, 0.6) is 0 Å². The van der Waals surface area contributed by atoms with Gasteiger partial charge in [-0.05, 0) is 19.9 Å². The van der Waals surface area contributed by atoms with Gasteiger partial charge in [-0.2, -0.15) is 15.3 Å². The van der Waals surface area contributed by atoms with Crippen LogP contribution >= 0.6 is 0 Å². The highest BCUT2D eigenvalue weighted by molar-refractivity contribution is 6.03. The van der Waals surface area contributed by atoms with Crippen molar-refractivity contribution in [1.29, 1.82) is 0 Å². The molecule has 9 nitrogen and oxygen atoms in total. The van der Waals surface area contributed by atoms with Gasteiger partial charge in [0.2, 0.25) is 0 Å². The second-order valence-corrected chi connectivity index (χ2v) is 6.96. The van der Waals surface area contributed by atoms with Gasteiger partial charge >= 0.3 is 0 Å². The summed E-state index contributed by atoms with van der Waals surface area (Å²) in [7, 11) is 0. The number of nitrogens with zero attached hydrogens (tertiary/aromatic N) is 7. The summed E-state index contributed by atoms with van der Waals surface area (Å²) >= 11 is 0. The minimum absolute atomic E-state index is 0.251. The SMILES string of the molecule is CCn1ncc(Cn2cc(NC(=O)c3cc4nc(C(F)F)cc(C(F)F)n4n3)cn2)c1C. The summed E-state index contributed by atoms with van der Waals surface area (Å²) < 4.78 is 56.6. The average Bonchev–Trinajstić information content (AvgIpc) is 3.46. The predicted molar refractivity (Wildman–Crippen MR) is 105 cm³/mol. The Morgan fingerprint density at radius 1 is 1.12 bits per heavy atom. The van der Waals surface area contributed by atoms with Crippen LogP contribution in [0, 0.1) is 6.92 Å². The number of fused-ring (bicyclic) bond motifs is 1. The Morgan fingerprint density at radius 2 is 1.91 bits per heavy atom. The first-order chi connectivity index (χ1) is 15.3. The van der Waals surface area contributed by atoms with E-state index in [0.717, 1.165) is 23.9 Å². The average molecular weight is 450 g/mol. The number of alkyl halides is 4. The molecule has 0 spiro atoms. The minimum atomic E-state index is -3.08. The molecule has 13 heteroatoms. The Kier molecular flexibility index (Phi) is 5.63. The van der Waals surface area contributed by atoms with Crippen molar-refractivity contribution in [3.05, 3.63) is 59.1 Å². The van der Waals surface area contributed by atoms with Gasteiger partial charge in [-0.3, -0.25) is 14.2 Å². The molecule has 4 heterocycles. The number of hydrogen-bond donors (Lipinski definition) is 1. The molecule has 0 aromatic carbocycles. The molecule has 0 saturated heterocycles. The van der Waals surface area contributed by atoms with E-state index in [2.05, 4.69) is 25.6 Å². The van der Waals surface area contributed by atoms with Crippen LogP contribution in [0.1, 0.15) is 52.9 Å². The van der Waals surface area contributed by atoms with Crippen LogP contribution in [-0.2, 0) is 13.1 Å². The van der Waals surface area contributed by atoms with Crippen LogP contribution < -0.4 is 5.32 Å². The number of aromatic nitrogens is 7. The standard InChI is InChI=1S/C19H18F4N8O/c1-3-30-10(2)11(6-25-30)8-29-9-12(7-24-29)26-19(32)14-5-16-27-13(17(20)21)4-15(18(22)23)31(16)28-14/h4-7,9,17-18H,3,8H2,1-2H3,(H,26,32). The molecule has 0 unspecified atom stereocenters. The Morgan fingerprint density at radius 3 is 2.56 bits per heavy atom. The van der Waals surface area contributed by atoms with E-state index >= 15 is 0 Å². The third kappa shape index (κ3) is 4.05. The maximum absolute atomic E-state index is 13.3. The van der Waals surface area contributed by atoms with E-state index < -0.39 is 30.1 Å². The summed E-state index contributed by atoms with van der Waals surface area (Å²) in [6, 6.07) is 1.64. The van der Waals surface area contributed by atoms with Crippen LogP contribution in [0.3, 0.4) is 0 Å². The summed E-state index contributed by atoms with van der Waals surface area (Å²) in [5.41, 5.74) is 0.198. The number of aryl methyl sites for hydroxylation is 1. The van der Waals surface area contributed by atoms with Gasteiger partial charge in [0.1, 0.15) is 11.4 Å². The highest BCUT2D eigenvalue weighted by Gasteiger charge is 2.22. The second-order valence-electron chi connectivity index (χ2n) is 6.96. The zero-order valence-electron chi connectivity index (χ0n) is 17.0. The molecule has 32 heavy (non-hydrogen) atoms. The molecule has 0 aliphatic carbocycles. The monoisotopic (exact) mass is 450 g/mol. The molecule has 0 atom stereocenters. The van der Waals surface area contributed by atoms with Crippen molar-refractivity contribution < 1.29 is 22.4 Å². The van der Waals surface area contributed by atoms with E-state index in [-0.39, 0.29) is 11.3 Å². The van der Waals surface area contributed by atoms with Crippen molar-refractivity contribution in [1.82, 2.24) is 34.2 Å². The third-order valence-corrected chi connectivity index (χ3v) is 4.88. The minimum Gasteiger partial charge on any atom is -0.318 e. The summed E-state index contributed by atoms with van der Waals surface area (Å²) in [4.78, 5) is 16.2. The van der Waals surface area contributed by atoms with Crippen LogP contribution in [0.2, 0.25) is 0 Å². The van der Waals surface area contributed by atoms with Gasteiger partial charge in [-0.1, -0.05) is 0 Å². The molecule has 0 aliphatic heterocycles. The zero-order valence-corrected chi connectivity index (χ0v) is 17.0. The fourth-order valence-electron chi connectivity index (χ4n) is 3.24. The first kappa shape index (κ1) is 21.5. The highest BCUT2D eigenvalue weighted by Crippen LogP contribution is 2.25. The van der Waals surface area contributed by atoms with Crippen LogP contribution in [0.25, 0.3) is 5.65 Å². The van der Waals surface area contributed by atoms with E-state index in [4.69, 9.17) is 0 Å². The van der Waals surface area contributed by atoms with Gasteiger partial charge in [-0.25, -0.2) is 27.1 Å². The molecule has 4 aromatic rings. The lowest BCUT2D eigenvalue weighted by Crippen LogP contribution is -2.12. The van der Waals surface area contributed by atoms with Gasteiger partial charge in [-0.15, -0.1) is 0 Å². The summed E-state index contributed by atoms with van der Waals surface area (Å²) in [6.45, 7) is 5.11. The van der Waals surface area contributed by atoms with E-state index in [1.54, 1.807) is 17.1 Å². The van der Waals surface area contributed by atoms with Crippen LogP contribution in [-0.4, -0.2) is 40.1 Å². The number of carbonyl (C=O) groups excluding carboxylic acids is 1. The molecule has 4 rings (SSSR count). The normalized spacial score (nSPS) is 11.8. The van der Waals surface area contributed by atoms with Gasteiger partial charge in [0, 0.05) is 30.1 Å². The Hall–Kier alpha value is -3.77. The number of nitrogens with one attached hydrogen (secondary N) is 1. The number of carbonyl (C=O) groups is 1. The second kappa shape index (κ2) is 8.40. The number of hydrogen-bond acceptors (Lipinski definition) is 5. The molecule has 1 amide bonds. The topological polar surface area (TPSA) is 94.9 Å². The molecule has 4 aromatic heterocycles. The van der Waals surface area contributed by atoms with Crippen LogP contribution in [0.15, 0.2) is 30.7 Å². The summed E-state index contributed by atoms with van der Waals surface area (Å²) in [5, 5.41) is 14.8. The molecule has 0 bridgehead atoms. The number of amides is 1. The molecule has 0 radical (unpaired) electrons.